The van der Waals surface area contributed by atoms with E-state index in [1.165, 1.54) is 0 Å². The van der Waals surface area contributed by atoms with Crippen LogP contribution in [0.4, 0.5) is 5.69 Å². The minimum Gasteiger partial charge on any atom is -0.497 e. The molecular formula is C17H17NO2. The lowest BCUT2D eigenvalue weighted by Crippen LogP contribution is -2.11. The van der Waals surface area contributed by atoms with Crippen molar-refractivity contribution in [3.05, 3.63) is 65.7 Å². The highest BCUT2D eigenvalue weighted by molar-refractivity contribution is 6.04. The molecule has 3 nitrogen and oxygen atoms in total. The molecule has 0 fully saturated rings. The molecule has 20 heavy (non-hydrogen) atoms. The fraction of sp³-hybridized carbons (Fsp3) is 0.118. The van der Waals surface area contributed by atoms with Gasteiger partial charge in [0.2, 0.25) is 0 Å². The summed E-state index contributed by atoms with van der Waals surface area (Å²) in [6.45, 7) is 1.97. The van der Waals surface area contributed by atoms with Crippen LogP contribution in [0.5, 0.6) is 5.75 Å². The molecule has 0 unspecified atom stereocenters. The van der Waals surface area contributed by atoms with Gasteiger partial charge in [-0.15, -0.1) is 0 Å². The molecule has 2 rings (SSSR count). The van der Waals surface area contributed by atoms with Crippen LogP contribution < -0.4 is 10.1 Å². The molecule has 3 heteroatoms. The maximum atomic E-state index is 12.1. The third-order valence-electron chi connectivity index (χ3n) is 2.88. The van der Waals surface area contributed by atoms with E-state index in [4.69, 9.17) is 4.74 Å². The summed E-state index contributed by atoms with van der Waals surface area (Å²) in [6.07, 6.45) is 3.99. The topological polar surface area (TPSA) is 38.3 Å². The number of carbonyl (C=O) groups excluding carboxylic acids is 1. The minimum absolute atomic E-state index is 0.133. The van der Waals surface area contributed by atoms with E-state index in [1.807, 2.05) is 43.3 Å². The Balaban J connectivity index is 2.06. The van der Waals surface area contributed by atoms with Gasteiger partial charge in [-0.1, -0.05) is 24.3 Å². The second-order valence-electron chi connectivity index (χ2n) is 4.30. The molecule has 0 aliphatic rings. The minimum atomic E-state index is -0.133. The standard InChI is InChI=1S/C17H17NO2/c1-3-4-13-5-9-15(10-6-13)18-17(19)14-7-11-16(20-2)12-8-14/h3-12H,1-2H3,(H,18,19). The molecule has 0 bridgehead atoms. The van der Waals surface area contributed by atoms with Crippen molar-refractivity contribution in [3.8, 4) is 5.75 Å². The molecule has 0 radical (unpaired) electrons. The zero-order chi connectivity index (χ0) is 14.4. The first-order valence-electron chi connectivity index (χ1n) is 6.41. The van der Waals surface area contributed by atoms with Crippen LogP contribution in [0.3, 0.4) is 0 Å². The van der Waals surface area contributed by atoms with Gasteiger partial charge in [-0.25, -0.2) is 0 Å². The van der Waals surface area contributed by atoms with Crippen molar-refractivity contribution >= 4 is 17.7 Å². The molecule has 0 heterocycles. The van der Waals surface area contributed by atoms with Crippen molar-refractivity contribution in [1.82, 2.24) is 0 Å². The predicted molar refractivity (Wildman–Crippen MR) is 82.1 cm³/mol. The number of hydrogen-bond acceptors (Lipinski definition) is 2. The van der Waals surface area contributed by atoms with Crippen molar-refractivity contribution in [3.63, 3.8) is 0 Å². The Labute approximate surface area is 118 Å². The third kappa shape index (κ3) is 3.48. The van der Waals surface area contributed by atoms with E-state index in [0.717, 1.165) is 17.0 Å². The summed E-state index contributed by atoms with van der Waals surface area (Å²) in [7, 11) is 1.60. The number of rotatable bonds is 4. The van der Waals surface area contributed by atoms with Gasteiger partial charge in [0.15, 0.2) is 0 Å². The molecular weight excluding hydrogens is 250 g/mol. The number of allylic oxidation sites excluding steroid dienone is 1. The summed E-state index contributed by atoms with van der Waals surface area (Å²) in [5.74, 6) is 0.601. The predicted octanol–water partition coefficient (Wildman–Crippen LogP) is 3.98. The number of hydrogen-bond donors (Lipinski definition) is 1. The fourth-order valence-electron chi connectivity index (χ4n) is 1.82. The van der Waals surface area contributed by atoms with E-state index in [2.05, 4.69) is 5.32 Å². The molecule has 2 aromatic carbocycles. The number of benzene rings is 2. The van der Waals surface area contributed by atoms with Crippen LogP contribution in [0.15, 0.2) is 54.6 Å². The number of methoxy groups -OCH3 is 1. The Hall–Kier alpha value is -2.55. The van der Waals surface area contributed by atoms with Gasteiger partial charge in [-0.3, -0.25) is 4.79 Å². The number of ether oxygens (including phenoxy) is 1. The maximum Gasteiger partial charge on any atom is 0.255 e. The van der Waals surface area contributed by atoms with Gasteiger partial charge in [0.1, 0.15) is 5.75 Å². The highest BCUT2D eigenvalue weighted by Gasteiger charge is 2.05. The summed E-state index contributed by atoms with van der Waals surface area (Å²) >= 11 is 0. The van der Waals surface area contributed by atoms with E-state index in [-0.39, 0.29) is 5.91 Å². The first-order valence-corrected chi connectivity index (χ1v) is 6.41. The number of anilines is 1. The van der Waals surface area contributed by atoms with Crippen LogP contribution in [0.1, 0.15) is 22.8 Å². The second kappa shape index (κ2) is 6.57. The molecule has 1 amide bonds. The first-order chi connectivity index (χ1) is 9.72. The van der Waals surface area contributed by atoms with Crippen molar-refractivity contribution in [1.29, 1.82) is 0 Å². The van der Waals surface area contributed by atoms with E-state index in [9.17, 15) is 4.79 Å². The summed E-state index contributed by atoms with van der Waals surface area (Å²) < 4.78 is 5.07. The molecule has 0 saturated heterocycles. The van der Waals surface area contributed by atoms with Crippen LogP contribution in [0.2, 0.25) is 0 Å². The van der Waals surface area contributed by atoms with Crippen LogP contribution >= 0.6 is 0 Å². The lowest BCUT2D eigenvalue weighted by molar-refractivity contribution is 0.102. The summed E-state index contributed by atoms with van der Waals surface area (Å²) in [5.41, 5.74) is 2.48. The van der Waals surface area contributed by atoms with Crippen LogP contribution in [-0.2, 0) is 0 Å². The van der Waals surface area contributed by atoms with Gasteiger partial charge >= 0.3 is 0 Å². The SMILES string of the molecule is CC=Cc1ccc(NC(=O)c2ccc(OC)cc2)cc1. The Bertz CT molecular complexity index is 598. The van der Waals surface area contributed by atoms with Crippen LogP contribution in [0.25, 0.3) is 6.08 Å². The number of carbonyl (C=O) groups is 1. The lowest BCUT2D eigenvalue weighted by atomic mass is 10.1. The zero-order valence-corrected chi connectivity index (χ0v) is 11.6. The average molecular weight is 267 g/mol. The van der Waals surface area contributed by atoms with E-state index in [1.54, 1.807) is 31.4 Å². The lowest BCUT2D eigenvalue weighted by Gasteiger charge is -2.06. The molecule has 102 valence electrons. The molecule has 1 N–H and O–H groups in total. The molecule has 0 saturated carbocycles. The molecule has 0 atom stereocenters. The highest BCUT2D eigenvalue weighted by Crippen LogP contribution is 2.15. The van der Waals surface area contributed by atoms with Gasteiger partial charge in [-0.05, 0) is 48.9 Å². The van der Waals surface area contributed by atoms with Crippen LogP contribution in [0, 0.1) is 0 Å². The van der Waals surface area contributed by atoms with Crippen LogP contribution in [-0.4, -0.2) is 13.0 Å². The Morgan fingerprint density at radius 2 is 1.70 bits per heavy atom. The summed E-state index contributed by atoms with van der Waals surface area (Å²) in [5, 5.41) is 2.86. The monoisotopic (exact) mass is 267 g/mol. The van der Waals surface area contributed by atoms with Crippen molar-refractivity contribution in [2.75, 3.05) is 12.4 Å². The van der Waals surface area contributed by atoms with Gasteiger partial charge in [-0.2, -0.15) is 0 Å². The normalized spacial score (nSPS) is 10.5. The molecule has 2 aromatic rings. The zero-order valence-electron chi connectivity index (χ0n) is 11.6. The van der Waals surface area contributed by atoms with Crippen molar-refractivity contribution in [2.24, 2.45) is 0 Å². The van der Waals surface area contributed by atoms with E-state index in [0.29, 0.717) is 5.56 Å². The summed E-state index contributed by atoms with van der Waals surface area (Å²) in [6, 6.07) is 14.7. The Morgan fingerprint density at radius 1 is 1.05 bits per heavy atom. The van der Waals surface area contributed by atoms with Gasteiger partial charge < -0.3 is 10.1 Å². The first kappa shape index (κ1) is 13.9. The van der Waals surface area contributed by atoms with Crippen molar-refractivity contribution in [2.45, 2.75) is 6.92 Å². The molecule has 0 aliphatic carbocycles. The van der Waals surface area contributed by atoms with E-state index >= 15 is 0 Å². The smallest absolute Gasteiger partial charge is 0.255 e. The Morgan fingerprint density at radius 3 is 2.25 bits per heavy atom. The largest absolute Gasteiger partial charge is 0.497 e. The van der Waals surface area contributed by atoms with Gasteiger partial charge in [0.05, 0.1) is 7.11 Å². The second-order valence-corrected chi connectivity index (χ2v) is 4.30. The third-order valence-corrected chi connectivity index (χ3v) is 2.88. The highest BCUT2D eigenvalue weighted by atomic mass is 16.5. The summed E-state index contributed by atoms with van der Waals surface area (Å²) in [4.78, 5) is 12.1. The average Bonchev–Trinajstić information content (AvgIpc) is 2.49. The van der Waals surface area contributed by atoms with Crippen molar-refractivity contribution < 1.29 is 9.53 Å². The van der Waals surface area contributed by atoms with Gasteiger partial charge in [0, 0.05) is 11.3 Å². The number of amides is 1. The molecule has 0 spiro atoms. The molecule has 0 aliphatic heterocycles. The van der Waals surface area contributed by atoms with E-state index < -0.39 is 0 Å². The molecule has 0 aromatic heterocycles. The number of nitrogens with one attached hydrogen (secondary N) is 1. The fourth-order valence-corrected chi connectivity index (χ4v) is 1.82. The Kier molecular flexibility index (Phi) is 4.56. The quantitative estimate of drug-likeness (QED) is 0.910. The maximum absolute atomic E-state index is 12.1. The van der Waals surface area contributed by atoms with Gasteiger partial charge in [0.25, 0.3) is 5.91 Å².